The first-order chi connectivity index (χ1) is 13.0. The first kappa shape index (κ1) is 17.5. The van der Waals surface area contributed by atoms with Crippen LogP contribution in [0, 0.1) is 6.92 Å². The predicted octanol–water partition coefficient (Wildman–Crippen LogP) is 2.37. The molecular formula is C19H18ClN5O2. The maximum Gasteiger partial charge on any atom is 0.266 e. The molecule has 0 bridgehead atoms. The number of aromatic amines is 1. The molecular weight excluding hydrogens is 366 g/mol. The first-order valence-corrected chi connectivity index (χ1v) is 9.02. The zero-order chi connectivity index (χ0) is 19.0. The lowest BCUT2D eigenvalue weighted by Gasteiger charge is -2.34. The molecule has 0 saturated carbocycles. The third-order valence-corrected chi connectivity index (χ3v) is 5.05. The van der Waals surface area contributed by atoms with E-state index in [1.54, 1.807) is 4.90 Å². The zero-order valence-corrected chi connectivity index (χ0v) is 15.5. The lowest BCUT2D eigenvalue weighted by Crippen LogP contribution is -2.42. The van der Waals surface area contributed by atoms with Gasteiger partial charge in [-0.2, -0.15) is 0 Å². The number of hydrogen-bond donors (Lipinski definition) is 1. The molecule has 0 unspecified atom stereocenters. The molecule has 7 nitrogen and oxygen atoms in total. The number of H-pyrrole nitrogens is 1. The molecule has 1 aliphatic heterocycles. The van der Waals surface area contributed by atoms with Crippen molar-refractivity contribution in [2.75, 3.05) is 6.54 Å². The largest absolute Gasteiger partial charge is 0.329 e. The van der Waals surface area contributed by atoms with Crippen molar-refractivity contribution in [3.63, 3.8) is 0 Å². The van der Waals surface area contributed by atoms with Crippen molar-refractivity contribution in [3.8, 4) is 0 Å². The maximum absolute atomic E-state index is 13.0. The van der Waals surface area contributed by atoms with Gasteiger partial charge in [0.2, 0.25) is 0 Å². The molecule has 1 amide bonds. The molecule has 1 N–H and O–H groups in total. The van der Waals surface area contributed by atoms with Crippen LogP contribution in [0.1, 0.15) is 33.6 Å². The molecule has 1 aliphatic rings. The van der Waals surface area contributed by atoms with Gasteiger partial charge in [0.05, 0.1) is 18.2 Å². The van der Waals surface area contributed by atoms with Gasteiger partial charge in [-0.1, -0.05) is 41.9 Å². The molecule has 138 valence electrons. The number of hydrogen-bond acceptors (Lipinski definition) is 4. The summed E-state index contributed by atoms with van der Waals surface area (Å²) in [7, 11) is 0. The molecule has 0 fully saturated rings. The van der Waals surface area contributed by atoms with Crippen molar-refractivity contribution < 1.29 is 4.79 Å². The van der Waals surface area contributed by atoms with Crippen molar-refractivity contribution in [2.24, 2.45) is 0 Å². The smallest absolute Gasteiger partial charge is 0.266 e. The number of nitrogens with one attached hydrogen (secondary N) is 1. The van der Waals surface area contributed by atoms with E-state index in [4.69, 9.17) is 11.6 Å². The van der Waals surface area contributed by atoms with Crippen LogP contribution >= 0.6 is 11.6 Å². The number of benzene rings is 1. The van der Waals surface area contributed by atoms with Gasteiger partial charge in [-0.25, -0.2) is 0 Å². The lowest BCUT2D eigenvalue weighted by molar-refractivity contribution is 0.0671. The number of carbonyl (C=O) groups is 1. The Labute approximate surface area is 160 Å². The van der Waals surface area contributed by atoms with Crippen LogP contribution in [0.4, 0.5) is 0 Å². The van der Waals surface area contributed by atoms with Crippen LogP contribution in [-0.4, -0.2) is 37.1 Å². The Morgan fingerprint density at radius 3 is 2.81 bits per heavy atom. The van der Waals surface area contributed by atoms with Gasteiger partial charge in [-0.3, -0.25) is 9.59 Å². The van der Waals surface area contributed by atoms with E-state index in [0.29, 0.717) is 18.7 Å². The summed E-state index contributed by atoms with van der Waals surface area (Å²) in [5.74, 6) is 1.40. The fourth-order valence-corrected chi connectivity index (χ4v) is 3.70. The van der Waals surface area contributed by atoms with Gasteiger partial charge in [0.15, 0.2) is 5.82 Å². The van der Waals surface area contributed by atoms with E-state index in [1.807, 2.05) is 25.1 Å². The van der Waals surface area contributed by atoms with Gasteiger partial charge in [-0.05, 0) is 25.0 Å². The maximum atomic E-state index is 13.0. The predicted molar refractivity (Wildman–Crippen MR) is 101 cm³/mol. The van der Waals surface area contributed by atoms with Crippen molar-refractivity contribution in [3.05, 3.63) is 80.7 Å². The second-order valence-corrected chi connectivity index (χ2v) is 7.04. The molecule has 27 heavy (non-hydrogen) atoms. The molecule has 3 aromatic rings. The van der Waals surface area contributed by atoms with Gasteiger partial charge in [0.25, 0.3) is 11.5 Å². The average molecular weight is 384 g/mol. The molecule has 0 saturated heterocycles. The number of aromatic nitrogens is 4. The molecule has 0 spiro atoms. The minimum absolute atomic E-state index is 0.00212. The molecule has 4 rings (SSSR count). The van der Waals surface area contributed by atoms with Gasteiger partial charge in [0, 0.05) is 12.7 Å². The highest BCUT2D eigenvalue weighted by Gasteiger charge is 2.31. The van der Waals surface area contributed by atoms with Crippen molar-refractivity contribution >= 4 is 17.5 Å². The van der Waals surface area contributed by atoms with Gasteiger partial charge < -0.3 is 14.5 Å². The third kappa shape index (κ3) is 3.38. The second-order valence-electron chi connectivity index (χ2n) is 6.63. The summed E-state index contributed by atoms with van der Waals surface area (Å²) >= 11 is 5.88. The number of carbonyl (C=O) groups excluding carboxylic acids is 1. The summed E-state index contributed by atoms with van der Waals surface area (Å²) in [4.78, 5) is 28.6. The fourth-order valence-electron chi connectivity index (χ4n) is 3.53. The van der Waals surface area contributed by atoms with Crippen LogP contribution in [0.2, 0.25) is 5.02 Å². The Bertz CT molecular complexity index is 1040. The standard InChI is InChI=1S/C19H18ClN5O2/c1-12-22-23-17-11-24(19(27)14-8-16(20)18(26)21-9-14)10-15(25(12)17)7-13-5-3-2-4-6-13/h2-6,8-9,15H,7,10-11H2,1H3,(H,21,26)/t15-/m1/s1. The van der Waals surface area contributed by atoms with Gasteiger partial charge >= 0.3 is 0 Å². The molecule has 2 aromatic heterocycles. The Hall–Kier alpha value is -2.93. The van der Waals surface area contributed by atoms with Crippen LogP contribution in [0.25, 0.3) is 0 Å². The molecule has 3 heterocycles. The number of rotatable bonds is 3. The van der Waals surface area contributed by atoms with Crippen LogP contribution in [0.3, 0.4) is 0 Å². The molecule has 1 aromatic carbocycles. The van der Waals surface area contributed by atoms with Crippen LogP contribution in [-0.2, 0) is 13.0 Å². The number of aryl methyl sites for hydroxylation is 1. The fraction of sp³-hybridized carbons (Fsp3) is 0.263. The van der Waals surface area contributed by atoms with Crippen LogP contribution in [0.5, 0.6) is 0 Å². The zero-order valence-electron chi connectivity index (χ0n) is 14.7. The van der Waals surface area contributed by atoms with E-state index in [2.05, 4.69) is 31.9 Å². The average Bonchev–Trinajstić information content (AvgIpc) is 3.05. The number of amides is 1. The SMILES string of the molecule is Cc1nnc2n1[C@H](Cc1ccccc1)CN(C(=O)c1c[nH]c(=O)c(Cl)c1)C2. The minimum atomic E-state index is -0.413. The highest BCUT2D eigenvalue weighted by Crippen LogP contribution is 2.26. The second kappa shape index (κ2) is 7.00. The van der Waals surface area contributed by atoms with E-state index in [1.165, 1.54) is 17.8 Å². The Morgan fingerprint density at radius 2 is 2.07 bits per heavy atom. The highest BCUT2D eigenvalue weighted by molar-refractivity contribution is 6.30. The number of nitrogens with zero attached hydrogens (tertiary/aromatic N) is 4. The van der Waals surface area contributed by atoms with Gasteiger partial charge in [-0.15, -0.1) is 10.2 Å². The van der Waals surface area contributed by atoms with E-state index in [9.17, 15) is 9.59 Å². The Kier molecular flexibility index (Phi) is 4.53. The van der Waals surface area contributed by atoms with E-state index in [0.717, 1.165) is 18.1 Å². The number of pyridine rings is 1. The van der Waals surface area contributed by atoms with Crippen molar-refractivity contribution in [1.82, 2.24) is 24.6 Å². The topological polar surface area (TPSA) is 83.9 Å². The monoisotopic (exact) mass is 383 g/mol. The highest BCUT2D eigenvalue weighted by atomic mass is 35.5. The third-order valence-electron chi connectivity index (χ3n) is 4.77. The van der Waals surface area contributed by atoms with E-state index >= 15 is 0 Å². The summed E-state index contributed by atoms with van der Waals surface area (Å²) in [6, 6.07) is 11.6. The molecule has 8 heteroatoms. The van der Waals surface area contributed by atoms with Crippen LogP contribution < -0.4 is 5.56 Å². The summed E-state index contributed by atoms with van der Waals surface area (Å²) in [6.45, 7) is 2.81. The van der Waals surface area contributed by atoms with E-state index < -0.39 is 5.56 Å². The summed E-state index contributed by atoms with van der Waals surface area (Å²) in [5.41, 5.74) is 1.12. The van der Waals surface area contributed by atoms with Gasteiger partial charge in [0.1, 0.15) is 10.8 Å². The summed E-state index contributed by atoms with van der Waals surface area (Å²) in [6.07, 6.45) is 2.16. The first-order valence-electron chi connectivity index (χ1n) is 8.64. The van der Waals surface area contributed by atoms with Crippen LogP contribution in [0.15, 0.2) is 47.4 Å². The van der Waals surface area contributed by atoms with Crippen molar-refractivity contribution in [1.29, 1.82) is 0 Å². The van der Waals surface area contributed by atoms with E-state index in [-0.39, 0.29) is 17.0 Å². The molecule has 0 aliphatic carbocycles. The molecule has 0 radical (unpaired) electrons. The molecule has 1 atom stereocenters. The quantitative estimate of drug-likeness (QED) is 0.752. The Morgan fingerprint density at radius 1 is 1.30 bits per heavy atom. The number of halogens is 1. The normalized spacial score (nSPS) is 16.2. The summed E-state index contributed by atoms with van der Waals surface area (Å²) < 4.78 is 2.11. The number of fused-ring (bicyclic) bond motifs is 1. The lowest BCUT2D eigenvalue weighted by atomic mass is 10.0. The Balaban J connectivity index is 1.65. The van der Waals surface area contributed by atoms with Crippen molar-refractivity contribution in [2.45, 2.75) is 25.9 Å². The minimum Gasteiger partial charge on any atom is -0.329 e. The summed E-state index contributed by atoms with van der Waals surface area (Å²) in [5, 5.41) is 8.43.